The summed E-state index contributed by atoms with van der Waals surface area (Å²) in [6.45, 7) is 2.44. The Kier molecular flexibility index (Phi) is 16.0. The van der Waals surface area contributed by atoms with Crippen LogP contribution in [-0.4, -0.2) is 108 Å². The van der Waals surface area contributed by atoms with Crippen LogP contribution in [0.5, 0.6) is 0 Å². The van der Waals surface area contributed by atoms with Gasteiger partial charge in [0.15, 0.2) is 0 Å². The minimum absolute atomic E-state index is 0.0376. The maximum absolute atomic E-state index is 13.9. The Balaban J connectivity index is 1.90. The number of carbonyl (C=O) groups is 8. The lowest BCUT2D eigenvalue weighted by atomic mass is 10.00. The van der Waals surface area contributed by atoms with Crippen LogP contribution in [0.1, 0.15) is 49.4 Å². The number of imidazole rings is 1. The van der Waals surface area contributed by atoms with Crippen molar-refractivity contribution in [1.82, 2.24) is 52.5 Å². The number of aryl methyl sites for hydroxylation is 1. The van der Waals surface area contributed by atoms with Crippen molar-refractivity contribution < 1.29 is 38.4 Å². The molecule has 9 N–H and O–H groups in total. The van der Waals surface area contributed by atoms with E-state index in [9.17, 15) is 38.4 Å². The number of aromatic amines is 1. The average molecular weight is 711 g/mol. The average Bonchev–Trinajstić information content (AvgIpc) is 3.61. The van der Waals surface area contributed by atoms with Crippen molar-refractivity contribution in [1.29, 1.82) is 0 Å². The van der Waals surface area contributed by atoms with Gasteiger partial charge in [-0.1, -0.05) is 24.3 Å². The first kappa shape index (κ1) is 39.6. The van der Waals surface area contributed by atoms with Crippen LogP contribution in [0.2, 0.25) is 0 Å². The number of carbonyl (C=O) groups excluding carboxylic acids is 8. The van der Waals surface area contributed by atoms with Gasteiger partial charge >= 0.3 is 0 Å². The zero-order valence-electron chi connectivity index (χ0n) is 28.7. The summed E-state index contributed by atoms with van der Waals surface area (Å²) >= 11 is 0. The number of aromatic nitrogens is 2. The Bertz CT molecular complexity index is 1550. The Hall–Kier alpha value is -5.81. The molecule has 2 aromatic rings. The molecule has 0 radical (unpaired) electrons. The molecule has 51 heavy (non-hydrogen) atoms. The standard InChI is InChI=1S/C33H46N10O8/c1-20-7-3-4-8-22(20)13-25-31(49)39-17-29(47)38-16-28(46)36-12-6-5-11-35-27(45)10-9-24(41-30(48)18-37-21(2)44)32(50)43-26(33(51)42-25)14-23-15-34-19-40-23/h3-4,7-8,15,19,24-26H,5-6,9-14,16-18H2,1-2H3,(H,34,40)(H,35,45)(H,36,46)(H,37,44)(H,38,47)(H,39,49)(H,41,48)(H,42,51)(H,43,50)/t24-,25+,26-/m0/s1. The highest BCUT2D eigenvalue weighted by atomic mass is 16.2. The molecule has 3 rings (SSSR count). The number of hydrogen-bond donors (Lipinski definition) is 9. The fourth-order valence-electron chi connectivity index (χ4n) is 5.02. The molecule has 1 fully saturated rings. The molecule has 0 aliphatic carbocycles. The number of H-pyrrole nitrogens is 1. The lowest BCUT2D eigenvalue weighted by Crippen LogP contribution is -2.58. The van der Waals surface area contributed by atoms with Gasteiger partial charge < -0.3 is 47.5 Å². The Morgan fingerprint density at radius 2 is 1.45 bits per heavy atom. The summed E-state index contributed by atoms with van der Waals surface area (Å²) in [4.78, 5) is 109. The maximum Gasteiger partial charge on any atom is 0.243 e. The van der Waals surface area contributed by atoms with Crippen LogP contribution < -0.4 is 42.5 Å². The number of hydrogen-bond acceptors (Lipinski definition) is 9. The quantitative estimate of drug-likeness (QED) is 0.143. The summed E-state index contributed by atoms with van der Waals surface area (Å²) in [5.74, 6) is -4.86. The second-order valence-corrected chi connectivity index (χ2v) is 12.0. The maximum atomic E-state index is 13.9. The Labute approximate surface area is 294 Å². The van der Waals surface area contributed by atoms with Gasteiger partial charge in [0.2, 0.25) is 47.3 Å². The van der Waals surface area contributed by atoms with E-state index < -0.39 is 78.5 Å². The van der Waals surface area contributed by atoms with Crippen LogP contribution in [0.25, 0.3) is 0 Å². The molecule has 1 saturated heterocycles. The van der Waals surface area contributed by atoms with Gasteiger partial charge in [-0.15, -0.1) is 0 Å². The number of nitrogens with one attached hydrogen (secondary N) is 9. The molecule has 1 aliphatic rings. The Morgan fingerprint density at radius 3 is 2.14 bits per heavy atom. The number of amides is 8. The molecule has 1 aromatic heterocycles. The molecular formula is C33H46N10O8. The van der Waals surface area contributed by atoms with E-state index in [0.717, 1.165) is 11.1 Å². The first-order chi connectivity index (χ1) is 24.4. The van der Waals surface area contributed by atoms with Crippen LogP contribution >= 0.6 is 0 Å². The first-order valence-electron chi connectivity index (χ1n) is 16.6. The van der Waals surface area contributed by atoms with Crippen LogP contribution in [0.3, 0.4) is 0 Å². The van der Waals surface area contributed by atoms with Gasteiger partial charge in [-0.25, -0.2) is 4.98 Å². The van der Waals surface area contributed by atoms with Crippen molar-refractivity contribution in [2.45, 2.75) is 70.5 Å². The third-order valence-corrected chi connectivity index (χ3v) is 7.86. The van der Waals surface area contributed by atoms with Gasteiger partial charge in [-0.05, 0) is 37.3 Å². The van der Waals surface area contributed by atoms with Gasteiger partial charge in [0, 0.05) is 51.2 Å². The first-order valence-corrected chi connectivity index (χ1v) is 16.6. The summed E-state index contributed by atoms with van der Waals surface area (Å²) in [7, 11) is 0. The van der Waals surface area contributed by atoms with E-state index in [1.165, 1.54) is 19.4 Å². The van der Waals surface area contributed by atoms with E-state index in [0.29, 0.717) is 25.1 Å². The smallest absolute Gasteiger partial charge is 0.243 e. The third-order valence-electron chi connectivity index (χ3n) is 7.86. The topological polar surface area (TPSA) is 261 Å². The minimum atomic E-state index is -1.29. The van der Waals surface area contributed by atoms with Crippen molar-refractivity contribution in [2.24, 2.45) is 0 Å². The summed E-state index contributed by atoms with van der Waals surface area (Å²) < 4.78 is 0. The number of nitrogens with zero attached hydrogens (tertiary/aromatic N) is 1. The highest BCUT2D eigenvalue weighted by Crippen LogP contribution is 2.11. The molecule has 1 aromatic carbocycles. The van der Waals surface area contributed by atoms with E-state index in [-0.39, 0.29) is 38.8 Å². The lowest BCUT2D eigenvalue weighted by molar-refractivity contribution is -0.134. The van der Waals surface area contributed by atoms with Crippen molar-refractivity contribution in [2.75, 3.05) is 32.7 Å². The molecule has 0 unspecified atom stereocenters. The van der Waals surface area contributed by atoms with Crippen LogP contribution in [0.4, 0.5) is 0 Å². The molecule has 0 bridgehead atoms. The van der Waals surface area contributed by atoms with E-state index in [4.69, 9.17) is 0 Å². The molecule has 8 amide bonds. The predicted molar refractivity (Wildman–Crippen MR) is 182 cm³/mol. The zero-order chi connectivity index (χ0) is 37.2. The second kappa shape index (κ2) is 20.6. The second-order valence-electron chi connectivity index (χ2n) is 12.0. The molecule has 18 heteroatoms. The predicted octanol–water partition coefficient (Wildman–Crippen LogP) is -2.87. The zero-order valence-corrected chi connectivity index (χ0v) is 28.7. The number of rotatable bonds is 7. The van der Waals surface area contributed by atoms with Crippen molar-refractivity contribution >= 4 is 47.3 Å². The minimum Gasteiger partial charge on any atom is -0.356 e. The van der Waals surface area contributed by atoms with Gasteiger partial charge in [-0.3, -0.25) is 38.4 Å². The van der Waals surface area contributed by atoms with E-state index in [1.807, 2.05) is 19.1 Å². The summed E-state index contributed by atoms with van der Waals surface area (Å²) in [5.41, 5.74) is 2.06. The molecule has 3 atom stereocenters. The van der Waals surface area contributed by atoms with Crippen molar-refractivity contribution in [3.8, 4) is 0 Å². The molecule has 276 valence electrons. The molecule has 2 heterocycles. The van der Waals surface area contributed by atoms with E-state index in [2.05, 4.69) is 52.5 Å². The molecule has 1 aliphatic heterocycles. The molecule has 0 spiro atoms. The summed E-state index contributed by atoms with van der Waals surface area (Å²) in [5, 5.41) is 20.5. The third kappa shape index (κ3) is 14.7. The van der Waals surface area contributed by atoms with Gasteiger partial charge in [0.25, 0.3) is 0 Å². The van der Waals surface area contributed by atoms with Gasteiger partial charge in [-0.2, -0.15) is 0 Å². The highest BCUT2D eigenvalue weighted by molar-refractivity contribution is 5.96. The monoisotopic (exact) mass is 710 g/mol. The van der Waals surface area contributed by atoms with Gasteiger partial charge in [0.1, 0.15) is 18.1 Å². The van der Waals surface area contributed by atoms with Crippen LogP contribution in [0, 0.1) is 6.92 Å². The van der Waals surface area contributed by atoms with Crippen molar-refractivity contribution in [3.63, 3.8) is 0 Å². The SMILES string of the molecule is CC(=O)NCC(=O)N[C@H]1CCC(=O)NCCCCNC(=O)CNC(=O)CNC(=O)[C@@H](Cc2ccccc2C)NC(=O)[C@H](Cc2cnc[nH]2)NC1=O. The van der Waals surface area contributed by atoms with Crippen molar-refractivity contribution in [3.05, 3.63) is 53.6 Å². The summed E-state index contributed by atoms with van der Waals surface area (Å²) in [6, 6.07) is 3.46. The molecule has 18 nitrogen and oxygen atoms in total. The normalized spacial score (nSPS) is 20.7. The fraction of sp³-hybridized carbons (Fsp3) is 0.485. The van der Waals surface area contributed by atoms with Crippen LogP contribution in [-0.2, 0) is 51.2 Å². The van der Waals surface area contributed by atoms with E-state index >= 15 is 0 Å². The highest BCUT2D eigenvalue weighted by Gasteiger charge is 2.31. The molecule has 0 saturated carbocycles. The largest absolute Gasteiger partial charge is 0.356 e. The van der Waals surface area contributed by atoms with Gasteiger partial charge in [0.05, 0.1) is 26.0 Å². The fourth-order valence-corrected chi connectivity index (χ4v) is 5.02. The summed E-state index contributed by atoms with van der Waals surface area (Å²) in [6.07, 6.45) is 3.54. The molecular weight excluding hydrogens is 664 g/mol. The Morgan fingerprint density at radius 1 is 0.804 bits per heavy atom. The van der Waals surface area contributed by atoms with E-state index in [1.54, 1.807) is 12.1 Å². The lowest BCUT2D eigenvalue weighted by Gasteiger charge is -2.25. The number of benzene rings is 1. The van der Waals surface area contributed by atoms with Crippen LogP contribution in [0.15, 0.2) is 36.8 Å².